The van der Waals surface area contributed by atoms with Crippen molar-refractivity contribution < 1.29 is 14.3 Å². The standard InChI is InChI=1S/C18H23N3O3/c1-11(2)9-21-10-14-15(17(21)22)16(19-18(23)20(14)3)12-6-5-7-13(8-12)24-4/h5-8,11,16H,9-10H2,1-4H3,(H,19,23). The highest BCUT2D eigenvalue weighted by Crippen LogP contribution is 2.36. The van der Waals surface area contributed by atoms with Crippen LogP contribution >= 0.6 is 0 Å². The van der Waals surface area contributed by atoms with Crippen molar-refractivity contribution in [3.63, 3.8) is 0 Å². The zero-order valence-corrected chi connectivity index (χ0v) is 14.5. The van der Waals surface area contributed by atoms with Crippen molar-refractivity contribution in [1.82, 2.24) is 15.1 Å². The van der Waals surface area contributed by atoms with Gasteiger partial charge in [-0.1, -0.05) is 26.0 Å². The maximum Gasteiger partial charge on any atom is 0.322 e. The molecule has 3 rings (SSSR count). The summed E-state index contributed by atoms with van der Waals surface area (Å²) in [6.45, 7) is 5.32. The Bertz CT molecular complexity index is 711. The summed E-state index contributed by atoms with van der Waals surface area (Å²) in [5.41, 5.74) is 2.30. The number of carbonyl (C=O) groups is 2. The summed E-state index contributed by atoms with van der Waals surface area (Å²) in [4.78, 5) is 28.6. The van der Waals surface area contributed by atoms with Gasteiger partial charge in [0.05, 0.1) is 31.0 Å². The van der Waals surface area contributed by atoms with Crippen molar-refractivity contribution >= 4 is 11.9 Å². The van der Waals surface area contributed by atoms with Crippen molar-refractivity contribution in [3.05, 3.63) is 41.1 Å². The van der Waals surface area contributed by atoms with E-state index < -0.39 is 6.04 Å². The molecule has 0 spiro atoms. The van der Waals surface area contributed by atoms with Gasteiger partial charge in [0.1, 0.15) is 5.75 Å². The monoisotopic (exact) mass is 329 g/mol. The van der Waals surface area contributed by atoms with E-state index >= 15 is 0 Å². The van der Waals surface area contributed by atoms with Gasteiger partial charge in [-0.25, -0.2) is 4.79 Å². The summed E-state index contributed by atoms with van der Waals surface area (Å²) in [6, 6.07) is 6.84. The number of amides is 3. The molecule has 0 saturated heterocycles. The Balaban J connectivity index is 2.00. The van der Waals surface area contributed by atoms with E-state index in [1.165, 1.54) is 0 Å². The third-order valence-corrected chi connectivity index (χ3v) is 4.45. The van der Waals surface area contributed by atoms with Crippen LogP contribution in [0.2, 0.25) is 0 Å². The summed E-state index contributed by atoms with van der Waals surface area (Å²) in [5.74, 6) is 1.07. The molecule has 1 unspecified atom stereocenters. The van der Waals surface area contributed by atoms with E-state index in [1.807, 2.05) is 29.2 Å². The number of methoxy groups -OCH3 is 1. The molecule has 0 saturated carbocycles. The van der Waals surface area contributed by atoms with E-state index in [1.54, 1.807) is 19.1 Å². The largest absolute Gasteiger partial charge is 0.497 e. The second kappa shape index (κ2) is 6.19. The molecule has 0 fully saturated rings. The number of nitrogens with one attached hydrogen (secondary N) is 1. The van der Waals surface area contributed by atoms with Crippen LogP contribution in [0.1, 0.15) is 25.5 Å². The minimum absolute atomic E-state index is 0.00151. The zero-order valence-electron chi connectivity index (χ0n) is 14.5. The smallest absolute Gasteiger partial charge is 0.322 e. The van der Waals surface area contributed by atoms with Crippen molar-refractivity contribution in [2.45, 2.75) is 19.9 Å². The fraction of sp³-hybridized carbons (Fsp3) is 0.444. The summed E-state index contributed by atoms with van der Waals surface area (Å²) >= 11 is 0. The molecule has 0 aliphatic carbocycles. The van der Waals surface area contributed by atoms with Gasteiger partial charge < -0.3 is 15.0 Å². The fourth-order valence-corrected chi connectivity index (χ4v) is 3.28. The lowest BCUT2D eigenvalue weighted by Crippen LogP contribution is -2.45. The van der Waals surface area contributed by atoms with Crippen molar-refractivity contribution in [3.8, 4) is 5.75 Å². The molecule has 2 heterocycles. The first-order valence-electron chi connectivity index (χ1n) is 8.13. The molecule has 0 radical (unpaired) electrons. The number of benzene rings is 1. The van der Waals surface area contributed by atoms with Crippen LogP contribution in [0.15, 0.2) is 35.5 Å². The SMILES string of the molecule is COc1cccc(C2NC(=O)N(C)C3=C2C(=O)N(CC(C)C)C3)c1. The molecular formula is C18H23N3O3. The maximum atomic E-state index is 12.9. The van der Waals surface area contributed by atoms with Gasteiger partial charge in [-0.15, -0.1) is 0 Å². The van der Waals surface area contributed by atoms with Gasteiger partial charge in [-0.05, 0) is 23.6 Å². The van der Waals surface area contributed by atoms with Crippen LogP contribution in [-0.4, -0.2) is 49.0 Å². The van der Waals surface area contributed by atoms with Gasteiger partial charge in [0.15, 0.2) is 0 Å². The second-order valence-electron chi connectivity index (χ2n) is 6.66. The van der Waals surface area contributed by atoms with Crippen LogP contribution in [0.25, 0.3) is 0 Å². The average molecular weight is 329 g/mol. The van der Waals surface area contributed by atoms with Crippen LogP contribution in [0, 0.1) is 5.92 Å². The molecule has 1 N–H and O–H groups in total. The first-order valence-corrected chi connectivity index (χ1v) is 8.13. The number of likely N-dealkylation sites (N-methyl/N-ethyl adjacent to an activating group) is 1. The Morgan fingerprint density at radius 2 is 2.08 bits per heavy atom. The molecule has 24 heavy (non-hydrogen) atoms. The lowest BCUT2D eigenvalue weighted by atomic mass is 9.95. The summed E-state index contributed by atoms with van der Waals surface area (Å²) in [6.07, 6.45) is 0. The minimum Gasteiger partial charge on any atom is -0.497 e. The van der Waals surface area contributed by atoms with Gasteiger partial charge in [0, 0.05) is 13.6 Å². The third-order valence-electron chi connectivity index (χ3n) is 4.45. The molecule has 1 aromatic rings. The number of ether oxygens (including phenoxy) is 1. The molecule has 3 amide bonds. The van der Waals surface area contributed by atoms with Crippen LogP contribution in [0.3, 0.4) is 0 Å². The highest BCUT2D eigenvalue weighted by Gasteiger charge is 2.42. The quantitative estimate of drug-likeness (QED) is 0.920. The molecule has 0 aromatic heterocycles. The van der Waals surface area contributed by atoms with E-state index in [2.05, 4.69) is 19.2 Å². The number of rotatable bonds is 4. The van der Waals surface area contributed by atoms with Crippen LogP contribution in [0.4, 0.5) is 4.79 Å². The van der Waals surface area contributed by atoms with Crippen molar-refractivity contribution in [2.24, 2.45) is 5.92 Å². The Kier molecular flexibility index (Phi) is 4.22. The van der Waals surface area contributed by atoms with E-state index in [0.717, 1.165) is 11.3 Å². The third kappa shape index (κ3) is 2.72. The zero-order chi connectivity index (χ0) is 17.4. The Morgan fingerprint density at radius 1 is 1.33 bits per heavy atom. The molecule has 6 nitrogen and oxygen atoms in total. The summed E-state index contributed by atoms with van der Waals surface area (Å²) in [7, 11) is 3.31. The van der Waals surface area contributed by atoms with Gasteiger partial charge >= 0.3 is 6.03 Å². The molecule has 6 heteroatoms. The Morgan fingerprint density at radius 3 is 2.75 bits per heavy atom. The summed E-state index contributed by atoms with van der Waals surface area (Å²) in [5, 5.41) is 2.94. The molecular weight excluding hydrogens is 306 g/mol. The van der Waals surface area contributed by atoms with Crippen molar-refractivity contribution in [2.75, 3.05) is 27.2 Å². The van der Waals surface area contributed by atoms with Gasteiger partial charge in [-0.3, -0.25) is 9.69 Å². The molecule has 1 atom stereocenters. The van der Waals surface area contributed by atoms with Crippen molar-refractivity contribution in [1.29, 1.82) is 0 Å². The first kappa shape index (κ1) is 16.4. The number of carbonyl (C=O) groups excluding carboxylic acids is 2. The predicted octanol–water partition coefficient (Wildman–Crippen LogP) is 2.14. The minimum atomic E-state index is -0.441. The van der Waals surface area contributed by atoms with Gasteiger partial charge in [-0.2, -0.15) is 0 Å². The van der Waals surface area contributed by atoms with Gasteiger partial charge in [0.2, 0.25) is 0 Å². The highest BCUT2D eigenvalue weighted by molar-refractivity contribution is 6.01. The number of nitrogens with zero attached hydrogens (tertiary/aromatic N) is 2. The number of urea groups is 1. The van der Waals surface area contributed by atoms with E-state index in [0.29, 0.717) is 30.3 Å². The first-order chi connectivity index (χ1) is 11.4. The van der Waals surface area contributed by atoms with E-state index in [9.17, 15) is 9.59 Å². The molecule has 2 aliphatic rings. The predicted molar refractivity (Wildman–Crippen MR) is 90.5 cm³/mol. The Hall–Kier alpha value is -2.50. The number of hydrogen-bond acceptors (Lipinski definition) is 3. The molecule has 128 valence electrons. The van der Waals surface area contributed by atoms with E-state index in [-0.39, 0.29) is 11.9 Å². The second-order valence-corrected chi connectivity index (χ2v) is 6.66. The lowest BCUT2D eigenvalue weighted by Gasteiger charge is -2.31. The normalized spacial score (nSPS) is 20.6. The Labute approximate surface area is 142 Å². The maximum absolute atomic E-state index is 12.9. The average Bonchev–Trinajstić information content (AvgIpc) is 2.87. The molecule has 0 bridgehead atoms. The van der Waals surface area contributed by atoms with Crippen LogP contribution in [0.5, 0.6) is 5.75 Å². The molecule has 1 aromatic carbocycles. The molecule has 2 aliphatic heterocycles. The summed E-state index contributed by atoms with van der Waals surface area (Å²) < 4.78 is 5.27. The van der Waals surface area contributed by atoms with Gasteiger partial charge in [0.25, 0.3) is 5.91 Å². The van der Waals surface area contributed by atoms with Crippen LogP contribution in [-0.2, 0) is 4.79 Å². The van der Waals surface area contributed by atoms with E-state index in [4.69, 9.17) is 4.74 Å². The topological polar surface area (TPSA) is 61.9 Å². The number of hydrogen-bond donors (Lipinski definition) is 1. The highest BCUT2D eigenvalue weighted by atomic mass is 16.5. The van der Waals surface area contributed by atoms with Crippen LogP contribution < -0.4 is 10.1 Å². The fourth-order valence-electron chi connectivity index (χ4n) is 3.28. The lowest BCUT2D eigenvalue weighted by molar-refractivity contribution is -0.126.